The number of benzene rings is 1. The average molecular weight is 465 g/mol. The zero-order valence-corrected chi connectivity index (χ0v) is 17.6. The summed E-state index contributed by atoms with van der Waals surface area (Å²) in [6, 6.07) is 5.82. The van der Waals surface area contributed by atoms with Crippen LogP contribution in [0.3, 0.4) is 0 Å². The quantitative estimate of drug-likeness (QED) is 0.357. The maximum absolute atomic E-state index is 12.9. The zero-order valence-electron chi connectivity index (χ0n) is 16.0. The Kier molecular flexibility index (Phi) is 5.77. The maximum atomic E-state index is 12.9. The third-order valence-electron chi connectivity index (χ3n) is 3.81. The van der Waals surface area contributed by atoms with Gasteiger partial charge in [0, 0.05) is 12.5 Å². The van der Waals surface area contributed by atoms with Crippen LogP contribution in [0.5, 0.6) is 5.75 Å². The molecule has 2 aromatic heterocycles. The van der Waals surface area contributed by atoms with Crippen LogP contribution in [0.15, 0.2) is 33.3 Å². The summed E-state index contributed by atoms with van der Waals surface area (Å²) in [6.07, 6.45) is 0. The number of H-pyrrole nitrogens is 1. The number of carboxylic acid groups (broad SMARTS) is 1. The van der Waals surface area contributed by atoms with Gasteiger partial charge in [0.15, 0.2) is 15.0 Å². The summed E-state index contributed by atoms with van der Waals surface area (Å²) in [5.41, 5.74) is -1.77. The van der Waals surface area contributed by atoms with Crippen LogP contribution in [0, 0.1) is 6.92 Å². The van der Waals surface area contributed by atoms with E-state index in [4.69, 9.17) is 5.11 Å². The van der Waals surface area contributed by atoms with Crippen molar-refractivity contribution in [2.75, 3.05) is 10.0 Å². The number of thiazole rings is 1. The zero-order chi connectivity index (χ0) is 22.9. The van der Waals surface area contributed by atoms with Gasteiger partial charge in [0.1, 0.15) is 5.82 Å². The molecule has 0 aliphatic rings. The second-order valence-electron chi connectivity index (χ2n) is 6.14. The Morgan fingerprint density at radius 3 is 2.52 bits per heavy atom. The lowest BCUT2D eigenvalue weighted by molar-refractivity contribution is -0.114. The summed E-state index contributed by atoms with van der Waals surface area (Å²) in [6.45, 7) is 2.72. The molecule has 0 atom stereocenters. The number of aryl methyl sites for hydroxylation is 1. The van der Waals surface area contributed by atoms with Gasteiger partial charge in [-0.2, -0.15) is 0 Å². The Morgan fingerprint density at radius 2 is 1.87 bits per heavy atom. The topological polar surface area (TPSA) is 191 Å². The van der Waals surface area contributed by atoms with Gasteiger partial charge in [-0.1, -0.05) is 23.5 Å². The maximum Gasteiger partial charge on any atom is 0.358 e. The van der Waals surface area contributed by atoms with E-state index in [1.165, 1.54) is 38.1 Å². The molecule has 0 unspecified atom stereocenters. The Balaban J connectivity index is 2.06. The van der Waals surface area contributed by atoms with Gasteiger partial charge in [-0.3, -0.25) is 14.3 Å². The third kappa shape index (κ3) is 4.54. The number of sulfonamides is 1. The number of rotatable bonds is 6. The number of amides is 1. The molecule has 5 N–H and O–H groups in total. The van der Waals surface area contributed by atoms with Crippen molar-refractivity contribution in [3.8, 4) is 17.1 Å². The van der Waals surface area contributed by atoms with Crippen LogP contribution >= 0.6 is 11.3 Å². The van der Waals surface area contributed by atoms with E-state index in [9.17, 15) is 27.9 Å². The Hall–Kier alpha value is -3.78. The summed E-state index contributed by atoms with van der Waals surface area (Å²) in [4.78, 5) is 44.3. The van der Waals surface area contributed by atoms with Crippen molar-refractivity contribution in [1.82, 2.24) is 15.0 Å². The molecule has 0 aliphatic heterocycles. The molecule has 1 amide bonds. The standard InChI is InChI=1S/C17H15N5O7S2/c1-7-16(30-17(18-7)19-8(2)23)31(28,29)22-10-6-4-3-5-9(10)13-20-11(15(26)27)12(24)14(25)21-13/h3-6,22,24H,1-2H3,(H,26,27)(H,18,19,23)(H,20,21,25). The molecule has 0 radical (unpaired) electrons. The van der Waals surface area contributed by atoms with Crippen LogP contribution in [0.1, 0.15) is 23.1 Å². The summed E-state index contributed by atoms with van der Waals surface area (Å²) < 4.78 is 28.0. The number of anilines is 2. The van der Waals surface area contributed by atoms with Crippen LogP contribution < -0.4 is 15.6 Å². The average Bonchev–Trinajstić information content (AvgIpc) is 3.04. The number of hydrogen-bond acceptors (Lipinski definition) is 9. The predicted octanol–water partition coefficient (Wildman–Crippen LogP) is 1.36. The number of aromatic nitrogens is 3. The number of nitrogens with zero attached hydrogens (tertiary/aromatic N) is 2. The number of aromatic hydroxyl groups is 1. The van der Waals surface area contributed by atoms with E-state index >= 15 is 0 Å². The van der Waals surface area contributed by atoms with Crippen molar-refractivity contribution in [3.05, 3.63) is 46.0 Å². The fourth-order valence-corrected chi connectivity index (χ4v) is 5.09. The van der Waals surface area contributed by atoms with Crippen molar-refractivity contribution >= 4 is 44.1 Å². The van der Waals surface area contributed by atoms with Crippen LogP contribution in [0.2, 0.25) is 0 Å². The van der Waals surface area contributed by atoms with Crippen molar-refractivity contribution in [3.63, 3.8) is 0 Å². The second kappa shape index (κ2) is 8.16. The predicted molar refractivity (Wildman–Crippen MR) is 111 cm³/mol. The molecule has 1 aromatic carbocycles. The largest absolute Gasteiger partial charge is 0.501 e. The van der Waals surface area contributed by atoms with Gasteiger partial charge in [0.2, 0.25) is 11.7 Å². The molecule has 3 rings (SSSR count). The lowest BCUT2D eigenvalue weighted by atomic mass is 10.1. The van der Waals surface area contributed by atoms with E-state index in [1.54, 1.807) is 0 Å². The fraction of sp³-hybridized carbons (Fsp3) is 0.118. The normalized spacial score (nSPS) is 11.2. The van der Waals surface area contributed by atoms with E-state index in [2.05, 4.69) is 25.0 Å². The second-order valence-corrected chi connectivity index (χ2v) is 9.02. The first-order chi connectivity index (χ1) is 14.5. The van der Waals surface area contributed by atoms with E-state index in [1.807, 2.05) is 0 Å². The number of carboxylic acids is 1. The van der Waals surface area contributed by atoms with Crippen LogP contribution in [-0.4, -0.2) is 45.5 Å². The molecule has 0 aliphatic carbocycles. The molecule has 162 valence electrons. The van der Waals surface area contributed by atoms with Crippen molar-refractivity contribution in [1.29, 1.82) is 0 Å². The Morgan fingerprint density at radius 1 is 1.19 bits per heavy atom. The minimum Gasteiger partial charge on any atom is -0.501 e. The highest BCUT2D eigenvalue weighted by Gasteiger charge is 2.25. The molecule has 0 saturated heterocycles. The van der Waals surface area contributed by atoms with Crippen molar-refractivity contribution < 1.29 is 28.2 Å². The van der Waals surface area contributed by atoms with E-state index in [0.717, 1.165) is 11.3 Å². The summed E-state index contributed by atoms with van der Waals surface area (Å²) in [7, 11) is -4.16. The number of aromatic carboxylic acids is 1. The number of hydrogen-bond donors (Lipinski definition) is 5. The molecule has 2 heterocycles. The molecule has 12 nitrogen and oxygen atoms in total. The minimum absolute atomic E-state index is 0.0124. The first kappa shape index (κ1) is 21.9. The molecule has 3 aromatic rings. The van der Waals surface area contributed by atoms with Crippen molar-refractivity contribution in [2.45, 2.75) is 18.1 Å². The van der Waals surface area contributed by atoms with Gasteiger partial charge in [0.25, 0.3) is 15.6 Å². The first-order valence-electron chi connectivity index (χ1n) is 8.43. The number of aromatic amines is 1. The van der Waals surface area contributed by atoms with Gasteiger partial charge in [-0.25, -0.2) is 23.2 Å². The Bertz CT molecular complexity index is 1360. The molecule has 0 spiro atoms. The summed E-state index contributed by atoms with van der Waals surface area (Å²) in [5.74, 6) is -3.38. The summed E-state index contributed by atoms with van der Waals surface area (Å²) in [5, 5.41) is 21.3. The van der Waals surface area contributed by atoms with Gasteiger partial charge in [-0.05, 0) is 19.1 Å². The van der Waals surface area contributed by atoms with Gasteiger partial charge in [-0.15, -0.1) is 0 Å². The lowest BCUT2D eigenvalue weighted by Crippen LogP contribution is -2.17. The van der Waals surface area contributed by atoms with E-state index < -0.39 is 38.9 Å². The highest BCUT2D eigenvalue weighted by Crippen LogP contribution is 2.32. The highest BCUT2D eigenvalue weighted by molar-refractivity contribution is 7.94. The van der Waals surface area contributed by atoms with Crippen LogP contribution in [0.25, 0.3) is 11.4 Å². The van der Waals surface area contributed by atoms with Crippen LogP contribution in [0.4, 0.5) is 10.8 Å². The van der Waals surface area contributed by atoms with Gasteiger partial charge >= 0.3 is 5.97 Å². The smallest absolute Gasteiger partial charge is 0.358 e. The van der Waals surface area contributed by atoms with E-state index in [-0.39, 0.29) is 32.1 Å². The molecule has 14 heteroatoms. The number of carbonyl (C=O) groups excluding carboxylic acids is 1. The van der Waals surface area contributed by atoms with Gasteiger partial charge in [0.05, 0.1) is 11.4 Å². The number of nitrogens with one attached hydrogen (secondary N) is 3. The molecule has 0 saturated carbocycles. The third-order valence-corrected chi connectivity index (χ3v) is 6.85. The van der Waals surface area contributed by atoms with Crippen LogP contribution in [-0.2, 0) is 14.8 Å². The Labute approximate surface area is 178 Å². The lowest BCUT2D eigenvalue weighted by Gasteiger charge is -2.12. The minimum atomic E-state index is -4.16. The number of carbonyl (C=O) groups is 2. The first-order valence-corrected chi connectivity index (χ1v) is 10.7. The molecular weight excluding hydrogens is 450 g/mol. The van der Waals surface area contributed by atoms with E-state index in [0.29, 0.717) is 0 Å². The summed E-state index contributed by atoms with van der Waals surface area (Å²) >= 11 is 0.749. The molecule has 0 fully saturated rings. The molecule has 0 bridgehead atoms. The molecular formula is C17H15N5O7S2. The fourth-order valence-electron chi connectivity index (χ4n) is 2.55. The highest BCUT2D eigenvalue weighted by atomic mass is 32.2. The van der Waals surface area contributed by atoms with Gasteiger partial charge < -0.3 is 20.5 Å². The van der Waals surface area contributed by atoms with Crippen molar-refractivity contribution in [2.24, 2.45) is 0 Å². The SMILES string of the molecule is CC(=O)Nc1nc(C)c(S(=O)(=O)Nc2ccccc2-c2nc(C(=O)O)c(O)c(=O)[nH]2)s1. The molecule has 31 heavy (non-hydrogen) atoms. The monoisotopic (exact) mass is 465 g/mol. The number of para-hydroxylation sites is 1.